The number of hydrogen-bond acceptors (Lipinski definition) is 3. The van der Waals surface area contributed by atoms with E-state index in [9.17, 15) is 4.79 Å². The monoisotopic (exact) mass is 265 g/mol. The summed E-state index contributed by atoms with van der Waals surface area (Å²) in [5.41, 5.74) is 0.705. The molecule has 1 fully saturated rings. The first-order valence-electron chi connectivity index (χ1n) is 6.84. The lowest BCUT2D eigenvalue weighted by molar-refractivity contribution is -0.138. The van der Waals surface area contributed by atoms with Crippen LogP contribution in [0.5, 0.6) is 0 Å². The minimum Gasteiger partial charge on any atom is -0.481 e. The maximum atomic E-state index is 10.9. The first kappa shape index (κ1) is 14.1. The summed E-state index contributed by atoms with van der Waals surface area (Å²) in [5.74, 6) is 0.518. The third-order valence-corrected chi connectivity index (χ3v) is 3.99. The quantitative estimate of drug-likeness (QED) is 0.873. The van der Waals surface area contributed by atoms with Gasteiger partial charge in [-0.1, -0.05) is 13.8 Å². The molecule has 1 aliphatic heterocycles. The van der Waals surface area contributed by atoms with Gasteiger partial charge < -0.3 is 15.0 Å². The zero-order valence-corrected chi connectivity index (χ0v) is 11.9. The minimum absolute atomic E-state index is 0.0906. The smallest absolute Gasteiger partial charge is 0.304 e. The number of carboxylic acid groups (broad SMARTS) is 1. The van der Waals surface area contributed by atoms with Gasteiger partial charge in [0.25, 0.3) is 0 Å². The highest BCUT2D eigenvalue weighted by atomic mass is 16.4. The molecule has 1 saturated heterocycles. The molecule has 5 heteroatoms. The van der Waals surface area contributed by atoms with Gasteiger partial charge in [0.1, 0.15) is 5.82 Å². The van der Waals surface area contributed by atoms with Gasteiger partial charge in [-0.2, -0.15) is 0 Å². The van der Waals surface area contributed by atoms with Crippen LogP contribution in [0.1, 0.15) is 50.5 Å². The standard InChI is InChI=1S/C14H23N3O2/c1-14(2,8-12(18)19)13-15-9-11(16-13)10-4-6-17(3)7-5-10/h9-10H,4-8H2,1-3H3,(H,15,16)(H,18,19). The lowest BCUT2D eigenvalue weighted by Crippen LogP contribution is -2.29. The van der Waals surface area contributed by atoms with Crippen LogP contribution in [0.25, 0.3) is 0 Å². The Kier molecular flexibility index (Phi) is 3.94. The van der Waals surface area contributed by atoms with E-state index in [0.717, 1.165) is 37.4 Å². The molecule has 0 atom stereocenters. The Morgan fingerprint density at radius 3 is 2.74 bits per heavy atom. The predicted molar refractivity (Wildman–Crippen MR) is 73.3 cm³/mol. The Labute approximate surface area is 114 Å². The van der Waals surface area contributed by atoms with Crippen molar-refractivity contribution < 1.29 is 9.90 Å². The molecule has 1 aromatic rings. The number of H-pyrrole nitrogens is 1. The van der Waals surface area contributed by atoms with Crippen molar-refractivity contribution in [3.05, 3.63) is 17.7 Å². The van der Waals surface area contributed by atoms with Crippen molar-refractivity contribution in [2.24, 2.45) is 0 Å². The molecule has 1 aromatic heterocycles. The van der Waals surface area contributed by atoms with Crippen LogP contribution in [0.3, 0.4) is 0 Å². The van der Waals surface area contributed by atoms with Crippen molar-refractivity contribution in [1.82, 2.24) is 14.9 Å². The van der Waals surface area contributed by atoms with E-state index in [2.05, 4.69) is 21.9 Å². The molecule has 2 heterocycles. The number of rotatable bonds is 4. The number of likely N-dealkylation sites (tertiary alicyclic amines) is 1. The summed E-state index contributed by atoms with van der Waals surface area (Å²) in [6, 6.07) is 0. The third-order valence-electron chi connectivity index (χ3n) is 3.99. The van der Waals surface area contributed by atoms with Crippen LogP contribution in [0.4, 0.5) is 0 Å². The molecule has 0 aliphatic carbocycles. The van der Waals surface area contributed by atoms with Gasteiger partial charge in [0.2, 0.25) is 0 Å². The number of piperidine rings is 1. The van der Waals surface area contributed by atoms with E-state index in [-0.39, 0.29) is 6.42 Å². The second-order valence-corrected chi connectivity index (χ2v) is 6.22. The molecule has 106 valence electrons. The first-order chi connectivity index (χ1) is 8.88. The van der Waals surface area contributed by atoms with Crippen molar-refractivity contribution in [1.29, 1.82) is 0 Å². The Morgan fingerprint density at radius 1 is 1.53 bits per heavy atom. The predicted octanol–water partition coefficient (Wildman–Crippen LogP) is 1.97. The second-order valence-electron chi connectivity index (χ2n) is 6.22. The van der Waals surface area contributed by atoms with Crippen LogP contribution < -0.4 is 0 Å². The summed E-state index contributed by atoms with van der Waals surface area (Å²) >= 11 is 0. The maximum Gasteiger partial charge on any atom is 0.304 e. The highest BCUT2D eigenvalue weighted by Gasteiger charge is 2.28. The normalized spacial score (nSPS) is 18.7. The van der Waals surface area contributed by atoms with Crippen molar-refractivity contribution in [2.75, 3.05) is 20.1 Å². The lowest BCUT2D eigenvalue weighted by atomic mass is 9.88. The van der Waals surface area contributed by atoms with E-state index >= 15 is 0 Å². The van der Waals surface area contributed by atoms with E-state index in [1.165, 1.54) is 0 Å². The number of imidazole rings is 1. The maximum absolute atomic E-state index is 10.9. The summed E-state index contributed by atoms with van der Waals surface area (Å²) in [6.07, 6.45) is 4.25. The number of nitrogens with zero attached hydrogens (tertiary/aromatic N) is 2. The highest BCUT2D eigenvalue weighted by Crippen LogP contribution is 2.30. The molecule has 0 bridgehead atoms. The molecule has 0 aromatic carbocycles. The molecule has 0 radical (unpaired) electrons. The lowest BCUT2D eigenvalue weighted by Gasteiger charge is -2.28. The summed E-state index contributed by atoms with van der Waals surface area (Å²) in [4.78, 5) is 21.0. The summed E-state index contributed by atoms with van der Waals surface area (Å²) in [7, 11) is 2.14. The van der Waals surface area contributed by atoms with E-state index in [1.807, 2.05) is 20.0 Å². The first-order valence-corrected chi connectivity index (χ1v) is 6.84. The Hall–Kier alpha value is -1.36. The summed E-state index contributed by atoms with van der Waals surface area (Å²) < 4.78 is 0. The number of aromatic nitrogens is 2. The summed E-state index contributed by atoms with van der Waals surface area (Å²) in [5, 5.41) is 8.95. The van der Waals surface area contributed by atoms with E-state index < -0.39 is 11.4 Å². The molecule has 0 spiro atoms. The third kappa shape index (κ3) is 3.35. The Balaban J connectivity index is 2.08. The fourth-order valence-electron chi connectivity index (χ4n) is 2.67. The van der Waals surface area contributed by atoms with Crippen LogP contribution in [-0.4, -0.2) is 46.1 Å². The largest absolute Gasteiger partial charge is 0.481 e. The van der Waals surface area contributed by atoms with Crippen molar-refractivity contribution in [2.45, 2.75) is 44.4 Å². The number of carbonyl (C=O) groups is 1. The van der Waals surface area contributed by atoms with Gasteiger partial charge in [-0.05, 0) is 33.0 Å². The van der Waals surface area contributed by atoms with Crippen LogP contribution >= 0.6 is 0 Å². The average Bonchev–Trinajstić information content (AvgIpc) is 2.78. The van der Waals surface area contributed by atoms with Gasteiger partial charge in [-0.25, -0.2) is 4.98 Å². The number of aromatic amines is 1. The molecule has 2 N–H and O–H groups in total. The van der Waals surface area contributed by atoms with Crippen LogP contribution in [0.2, 0.25) is 0 Å². The average molecular weight is 265 g/mol. The number of carboxylic acids is 1. The van der Waals surface area contributed by atoms with E-state index in [0.29, 0.717) is 5.92 Å². The Morgan fingerprint density at radius 2 is 2.16 bits per heavy atom. The van der Waals surface area contributed by atoms with E-state index in [1.54, 1.807) is 0 Å². The van der Waals surface area contributed by atoms with Gasteiger partial charge >= 0.3 is 5.97 Å². The Bertz CT molecular complexity index is 445. The second kappa shape index (κ2) is 5.33. The fraction of sp³-hybridized carbons (Fsp3) is 0.714. The zero-order valence-electron chi connectivity index (χ0n) is 11.9. The number of hydrogen-bond donors (Lipinski definition) is 2. The minimum atomic E-state index is -0.790. The summed E-state index contributed by atoms with van der Waals surface area (Å²) in [6.45, 7) is 6.05. The zero-order chi connectivity index (χ0) is 14.0. The molecule has 19 heavy (non-hydrogen) atoms. The van der Waals surface area contributed by atoms with Crippen LogP contribution in [-0.2, 0) is 10.2 Å². The van der Waals surface area contributed by atoms with Crippen molar-refractivity contribution in [3.63, 3.8) is 0 Å². The molecular formula is C14H23N3O2. The van der Waals surface area contributed by atoms with Crippen LogP contribution in [0.15, 0.2) is 6.20 Å². The number of nitrogens with one attached hydrogen (secondary N) is 1. The molecule has 0 saturated carbocycles. The van der Waals surface area contributed by atoms with E-state index in [4.69, 9.17) is 5.11 Å². The van der Waals surface area contributed by atoms with Crippen molar-refractivity contribution in [3.8, 4) is 0 Å². The fourth-order valence-corrected chi connectivity index (χ4v) is 2.67. The van der Waals surface area contributed by atoms with Gasteiger partial charge in [0.05, 0.1) is 6.42 Å². The molecule has 2 rings (SSSR count). The van der Waals surface area contributed by atoms with Gasteiger partial charge in [0.15, 0.2) is 0 Å². The molecule has 0 unspecified atom stereocenters. The van der Waals surface area contributed by atoms with Gasteiger partial charge in [0, 0.05) is 23.2 Å². The molecule has 0 amide bonds. The molecule has 5 nitrogen and oxygen atoms in total. The van der Waals surface area contributed by atoms with Gasteiger partial charge in [-0.15, -0.1) is 0 Å². The van der Waals surface area contributed by atoms with Gasteiger partial charge in [-0.3, -0.25) is 4.79 Å². The van der Waals surface area contributed by atoms with Crippen LogP contribution in [0, 0.1) is 0 Å². The topological polar surface area (TPSA) is 69.2 Å². The SMILES string of the molecule is CN1CCC(c2cnc(C(C)(C)CC(=O)O)[nH]2)CC1. The molecular weight excluding hydrogens is 242 g/mol. The molecule has 1 aliphatic rings. The number of aliphatic carboxylic acids is 1. The van der Waals surface area contributed by atoms with Crippen molar-refractivity contribution >= 4 is 5.97 Å². The highest BCUT2D eigenvalue weighted by molar-refractivity contribution is 5.68.